The molecule has 5 nitrogen and oxygen atoms in total. The lowest BCUT2D eigenvalue weighted by molar-refractivity contribution is 0.0880. The van der Waals surface area contributed by atoms with Gasteiger partial charge in [-0.25, -0.2) is 0 Å². The molecule has 2 aromatic heterocycles. The summed E-state index contributed by atoms with van der Waals surface area (Å²) in [5.74, 6) is -0.601. The molecule has 2 aliphatic rings. The van der Waals surface area contributed by atoms with Gasteiger partial charge in [-0.3, -0.25) is 14.9 Å². The molecule has 0 saturated heterocycles. The minimum absolute atomic E-state index is 0.294. The smallest absolute Gasteiger partial charge is 0.259 e. The second kappa shape index (κ2) is 5.52. The third-order valence-corrected chi connectivity index (χ3v) is 7.33. The molecule has 0 atom stereocenters. The van der Waals surface area contributed by atoms with Crippen LogP contribution in [0.15, 0.2) is 36.4 Å². The average molecular weight is 458 g/mol. The van der Waals surface area contributed by atoms with Crippen LogP contribution in [0.25, 0.3) is 43.6 Å². The minimum atomic E-state index is -0.306. The van der Waals surface area contributed by atoms with E-state index in [1.807, 2.05) is 0 Å². The van der Waals surface area contributed by atoms with Gasteiger partial charge < -0.3 is 9.55 Å². The van der Waals surface area contributed by atoms with Crippen molar-refractivity contribution in [2.75, 3.05) is 0 Å². The normalized spacial score (nSPS) is 15.6. The second-order valence-corrected chi connectivity index (χ2v) is 8.77. The number of halogens is 1. The third kappa shape index (κ3) is 1.84. The maximum atomic E-state index is 13.0. The molecule has 5 aromatic rings. The van der Waals surface area contributed by atoms with Crippen LogP contribution in [0.3, 0.4) is 0 Å². The van der Waals surface area contributed by atoms with E-state index in [4.69, 9.17) is 0 Å². The van der Waals surface area contributed by atoms with Crippen molar-refractivity contribution in [1.82, 2.24) is 14.9 Å². The predicted octanol–water partition coefficient (Wildman–Crippen LogP) is 5.15. The highest BCUT2D eigenvalue weighted by molar-refractivity contribution is 9.08. The number of alkyl halides is 1. The van der Waals surface area contributed by atoms with Crippen LogP contribution in [-0.2, 0) is 18.3 Å². The van der Waals surface area contributed by atoms with Crippen molar-refractivity contribution >= 4 is 71.4 Å². The number of hydrogen-bond donors (Lipinski definition) is 2. The number of nitrogens with zero attached hydrogens (tertiary/aromatic N) is 1. The number of hydrogen-bond acceptors (Lipinski definition) is 2. The maximum absolute atomic E-state index is 13.0. The van der Waals surface area contributed by atoms with Crippen LogP contribution in [0.4, 0.5) is 0 Å². The first-order valence-electron chi connectivity index (χ1n) is 10.1. The molecule has 0 aliphatic carbocycles. The van der Waals surface area contributed by atoms with Gasteiger partial charge in [-0.05, 0) is 30.0 Å². The van der Waals surface area contributed by atoms with Crippen LogP contribution >= 0.6 is 15.9 Å². The molecule has 0 spiro atoms. The van der Waals surface area contributed by atoms with E-state index in [2.05, 4.69) is 67.2 Å². The first-order valence-corrected chi connectivity index (χ1v) is 11.2. The van der Waals surface area contributed by atoms with Crippen molar-refractivity contribution in [3.05, 3.63) is 58.7 Å². The molecular weight excluding hydrogens is 442 g/mol. The Morgan fingerprint density at radius 1 is 0.967 bits per heavy atom. The largest absolute Gasteiger partial charge is 0.353 e. The molecule has 3 aromatic carbocycles. The molecule has 2 aliphatic heterocycles. The van der Waals surface area contributed by atoms with Crippen molar-refractivity contribution in [2.45, 2.75) is 24.7 Å². The highest BCUT2D eigenvalue weighted by Crippen LogP contribution is 2.45. The number of imide groups is 1. The van der Waals surface area contributed by atoms with Crippen LogP contribution in [0.1, 0.15) is 38.3 Å². The molecule has 7 rings (SSSR count). The Balaban J connectivity index is 1.84. The maximum Gasteiger partial charge on any atom is 0.259 e. The van der Waals surface area contributed by atoms with E-state index >= 15 is 0 Å². The van der Waals surface area contributed by atoms with Gasteiger partial charge in [0, 0.05) is 38.9 Å². The lowest BCUT2D eigenvalue weighted by atomic mass is 9.96. The van der Waals surface area contributed by atoms with Gasteiger partial charge in [0.05, 0.1) is 27.7 Å². The number of benzene rings is 3. The van der Waals surface area contributed by atoms with Gasteiger partial charge in [-0.1, -0.05) is 46.3 Å². The first-order chi connectivity index (χ1) is 14.7. The van der Waals surface area contributed by atoms with Crippen LogP contribution in [-0.4, -0.2) is 21.4 Å². The molecule has 6 heteroatoms. The van der Waals surface area contributed by atoms with E-state index in [1.165, 1.54) is 11.1 Å². The minimum Gasteiger partial charge on any atom is -0.353 e. The van der Waals surface area contributed by atoms with E-state index < -0.39 is 0 Å². The van der Waals surface area contributed by atoms with Gasteiger partial charge in [0.2, 0.25) is 0 Å². The summed E-state index contributed by atoms with van der Waals surface area (Å²) >= 11 is 3.53. The Hall–Kier alpha value is -3.12. The number of fused-ring (bicyclic) bond motifs is 10. The number of aromatic amines is 1. The third-order valence-electron chi connectivity index (χ3n) is 6.68. The topological polar surface area (TPSA) is 66.9 Å². The Morgan fingerprint density at radius 2 is 1.80 bits per heavy atom. The summed E-state index contributed by atoms with van der Waals surface area (Å²) in [5, 5.41) is 7.10. The predicted molar refractivity (Wildman–Crippen MR) is 122 cm³/mol. The van der Waals surface area contributed by atoms with E-state index in [1.54, 1.807) is 0 Å². The number of H-pyrrole nitrogens is 1. The second-order valence-electron chi connectivity index (χ2n) is 8.21. The molecular formula is C24H16BrN3O2. The summed E-state index contributed by atoms with van der Waals surface area (Å²) in [7, 11) is 0. The molecule has 30 heavy (non-hydrogen) atoms. The van der Waals surface area contributed by atoms with E-state index in [-0.39, 0.29) is 11.8 Å². The van der Waals surface area contributed by atoms with E-state index in [0.29, 0.717) is 11.1 Å². The van der Waals surface area contributed by atoms with Crippen LogP contribution in [0.2, 0.25) is 0 Å². The SMILES string of the molecule is O=C1NC(=O)c2c1c1c3ccc(CBr)cc3[nH]c1c1c2c2cccc3c2n1CCC3. The summed E-state index contributed by atoms with van der Waals surface area (Å²) in [4.78, 5) is 29.5. The fourth-order valence-electron chi connectivity index (χ4n) is 5.55. The zero-order valence-corrected chi connectivity index (χ0v) is 17.5. The Kier molecular flexibility index (Phi) is 3.06. The van der Waals surface area contributed by atoms with Gasteiger partial charge in [-0.2, -0.15) is 0 Å². The molecule has 2 N–H and O–H groups in total. The number of amides is 2. The number of aryl methyl sites for hydroxylation is 2. The zero-order valence-electron chi connectivity index (χ0n) is 15.9. The summed E-state index contributed by atoms with van der Waals surface area (Å²) < 4.78 is 2.35. The molecule has 0 bridgehead atoms. The van der Waals surface area contributed by atoms with E-state index in [9.17, 15) is 9.59 Å². The summed E-state index contributed by atoms with van der Waals surface area (Å²) in [6, 6.07) is 12.5. The zero-order chi connectivity index (χ0) is 20.1. The van der Waals surface area contributed by atoms with Crippen molar-refractivity contribution < 1.29 is 9.59 Å². The molecule has 0 unspecified atom stereocenters. The van der Waals surface area contributed by atoms with Gasteiger partial charge in [0.15, 0.2) is 0 Å². The summed E-state index contributed by atoms with van der Waals surface area (Å²) in [6.45, 7) is 0.905. The summed E-state index contributed by atoms with van der Waals surface area (Å²) in [5.41, 5.74) is 7.65. The van der Waals surface area contributed by atoms with Crippen molar-refractivity contribution in [1.29, 1.82) is 0 Å². The fourth-order valence-corrected chi connectivity index (χ4v) is 5.90. The molecule has 0 radical (unpaired) electrons. The number of carbonyl (C=O) groups is 2. The Bertz CT molecular complexity index is 1620. The molecule has 0 fully saturated rings. The fraction of sp³-hybridized carbons (Fsp3) is 0.167. The quantitative estimate of drug-likeness (QED) is 0.270. The number of carbonyl (C=O) groups excluding carboxylic acids is 2. The lowest BCUT2D eigenvalue weighted by Crippen LogP contribution is -2.20. The number of aromatic nitrogens is 2. The van der Waals surface area contributed by atoms with Gasteiger partial charge in [0.25, 0.3) is 11.8 Å². The lowest BCUT2D eigenvalue weighted by Gasteiger charge is -2.16. The summed E-state index contributed by atoms with van der Waals surface area (Å²) in [6.07, 6.45) is 2.10. The number of para-hydroxylation sites is 1. The van der Waals surface area contributed by atoms with E-state index in [0.717, 1.165) is 68.4 Å². The van der Waals surface area contributed by atoms with Gasteiger partial charge in [0.1, 0.15) is 0 Å². The molecule has 146 valence electrons. The molecule has 2 amide bonds. The molecule has 0 saturated carbocycles. The van der Waals surface area contributed by atoms with Crippen molar-refractivity contribution in [2.24, 2.45) is 0 Å². The van der Waals surface area contributed by atoms with Crippen LogP contribution in [0.5, 0.6) is 0 Å². The first kappa shape index (κ1) is 16.7. The van der Waals surface area contributed by atoms with Gasteiger partial charge >= 0.3 is 0 Å². The Morgan fingerprint density at radius 3 is 2.63 bits per heavy atom. The van der Waals surface area contributed by atoms with Crippen LogP contribution < -0.4 is 5.32 Å². The van der Waals surface area contributed by atoms with Gasteiger partial charge in [-0.15, -0.1) is 0 Å². The molecule has 4 heterocycles. The standard InChI is InChI=1S/C24H16BrN3O2/c25-10-11-6-7-13-15(9-11)26-20-16(13)18-19(24(30)27-23(18)29)17-14-5-1-3-12-4-2-8-28(21(12)14)22(17)20/h1,3,5-7,9,26H,2,4,8,10H2,(H,27,29,30). The van der Waals surface area contributed by atoms with Crippen molar-refractivity contribution in [3.63, 3.8) is 0 Å². The number of rotatable bonds is 1. The highest BCUT2D eigenvalue weighted by Gasteiger charge is 2.36. The van der Waals surface area contributed by atoms with Crippen molar-refractivity contribution in [3.8, 4) is 0 Å². The monoisotopic (exact) mass is 457 g/mol. The number of nitrogens with one attached hydrogen (secondary N) is 2. The average Bonchev–Trinajstić information content (AvgIpc) is 3.39. The highest BCUT2D eigenvalue weighted by atomic mass is 79.9. The Labute approximate surface area is 179 Å². The van der Waals surface area contributed by atoms with Crippen LogP contribution in [0, 0.1) is 0 Å².